The standard InChI is InChI=1S/C19H30FN3O2S/c1-14-6-4-5-7-15(14)11-22-19(21-2)23-12-17-10-18(20)9-8-16(17)13-26(3,24)25/h8-10,14-15H,4-7,11-13H2,1-3H3,(H2,21,22,23). The number of rotatable bonds is 6. The zero-order chi connectivity index (χ0) is 19.2. The van der Waals surface area contributed by atoms with Crippen LogP contribution in [0.15, 0.2) is 23.2 Å². The largest absolute Gasteiger partial charge is 0.356 e. The third-order valence-corrected chi connectivity index (χ3v) is 5.91. The molecule has 1 aliphatic rings. The maximum atomic E-state index is 13.6. The van der Waals surface area contributed by atoms with Crippen LogP contribution in [0.1, 0.15) is 43.7 Å². The van der Waals surface area contributed by atoms with Crippen molar-refractivity contribution >= 4 is 15.8 Å². The van der Waals surface area contributed by atoms with Crippen molar-refractivity contribution in [1.82, 2.24) is 10.6 Å². The van der Waals surface area contributed by atoms with Crippen LogP contribution in [0.3, 0.4) is 0 Å². The van der Waals surface area contributed by atoms with E-state index in [-0.39, 0.29) is 11.6 Å². The molecule has 26 heavy (non-hydrogen) atoms. The maximum absolute atomic E-state index is 13.6. The normalized spacial score (nSPS) is 21.5. The third-order valence-electron chi connectivity index (χ3n) is 5.08. The molecule has 1 aromatic carbocycles. The molecule has 2 N–H and O–H groups in total. The number of hydrogen-bond donors (Lipinski definition) is 2. The molecular weight excluding hydrogens is 353 g/mol. The highest BCUT2D eigenvalue weighted by molar-refractivity contribution is 7.89. The molecular formula is C19H30FN3O2S. The summed E-state index contributed by atoms with van der Waals surface area (Å²) in [6.07, 6.45) is 6.28. The summed E-state index contributed by atoms with van der Waals surface area (Å²) in [5.74, 6) is 1.52. The van der Waals surface area contributed by atoms with E-state index in [0.717, 1.165) is 6.54 Å². The second kappa shape index (κ2) is 9.35. The van der Waals surface area contributed by atoms with Crippen LogP contribution < -0.4 is 10.6 Å². The molecule has 0 heterocycles. The molecule has 146 valence electrons. The van der Waals surface area contributed by atoms with Crippen molar-refractivity contribution in [3.63, 3.8) is 0 Å². The van der Waals surface area contributed by atoms with Gasteiger partial charge in [-0.15, -0.1) is 0 Å². The van der Waals surface area contributed by atoms with Gasteiger partial charge in [-0.25, -0.2) is 12.8 Å². The van der Waals surface area contributed by atoms with Gasteiger partial charge in [0.2, 0.25) is 0 Å². The average molecular weight is 384 g/mol. The molecule has 0 bridgehead atoms. The van der Waals surface area contributed by atoms with Crippen molar-refractivity contribution in [3.8, 4) is 0 Å². The molecule has 0 aromatic heterocycles. The minimum atomic E-state index is -3.18. The summed E-state index contributed by atoms with van der Waals surface area (Å²) in [6.45, 7) is 3.48. The summed E-state index contributed by atoms with van der Waals surface area (Å²) >= 11 is 0. The van der Waals surface area contributed by atoms with Crippen LogP contribution in [-0.2, 0) is 22.1 Å². The van der Waals surface area contributed by atoms with Crippen molar-refractivity contribution in [1.29, 1.82) is 0 Å². The van der Waals surface area contributed by atoms with Crippen molar-refractivity contribution in [2.75, 3.05) is 19.8 Å². The number of aliphatic imine (C=N–C) groups is 1. The van der Waals surface area contributed by atoms with E-state index in [2.05, 4.69) is 22.5 Å². The first kappa shape index (κ1) is 20.7. The minimum Gasteiger partial charge on any atom is -0.356 e. The number of sulfone groups is 1. The molecule has 0 saturated heterocycles. The van der Waals surface area contributed by atoms with Gasteiger partial charge in [-0.2, -0.15) is 0 Å². The average Bonchev–Trinajstić information content (AvgIpc) is 2.57. The van der Waals surface area contributed by atoms with Crippen LogP contribution in [0.25, 0.3) is 0 Å². The van der Waals surface area contributed by atoms with E-state index in [9.17, 15) is 12.8 Å². The van der Waals surface area contributed by atoms with Crippen molar-refractivity contribution in [2.24, 2.45) is 16.8 Å². The quantitative estimate of drug-likeness (QED) is 0.585. The van der Waals surface area contributed by atoms with Crippen LogP contribution in [0.2, 0.25) is 0 Å². The highest BCUT2D eigenvalue weighted by atomic mass is 32.2. The number of nitrogens with one attached hydrogen (secondary N) is 2. The Morgan fingerprint density at radius 2 is 1.96 bits per heavy atom. The number of halogens is 1. The van der Waals surface area contributed by atoms with E-state index in [1.165, 1.54) is 50.1 Å². The van der Waals surface area contributed by atoms with Crippen LogP contribution >= 0.6 is 0 Å². The summed E-state index contributed by atoms with van der Waals surface area (Å²) in [6, 6.07) is 4.21. The lowest BCUT2D eigenvalue weighted by Gasteiger charge is -2.29. The molecule has 0 spiro atoms. The molecule has 1 aromatic rings. The van der Waals surface area contributed by atoms with Gasteiger partial charge in [0.25, 0.3) is 0 Å². The smallest absolute Gasteiger partial charge is 0.191 e. The fourth-order valence-corrected chi connectivity index (χ4v) is 4.35. The molecule has 1 fully saturated rings. The Hall–Kier alpha value is -1.63. The number of nitrogens with zero attached hydrogens (tertiary/aromatic N) is 1. The lowest BCUT2D eigenvalue weighted by Crippen LogP contribution is -2.41. The van der Waals surface area contributed by atoms with Crippen molar-refractivity contribution in [2.45, 2.75) is 44.9 Å². The second-order valence-electron chi connectivity index (χ2n) is 7.31. The second-order valence-corrected chi connectivity index (χ2v) is 9.45. The minimum absolute atomic E-state index is 0.101. The van der Waals surface area contributed by atoms with E-state index < -0.39 is 9.84 Å². The Balaban J connectivity index is 1.96. The first-order valence-corrected chi connectivity index (χ1v) is 11.2. The van der Waals surface area contributed by atoms with Gasteiger partial charge >= 0.3 is 0 Å². The lowest BCUT2D eigenvalue weighted by molar-refractivity contribution is 0.256. The van der Waals surface area contributed by atoms with Gasteiger partial charge in [-0.05, 0) is 41.5 Å². The Kier molecular flexibility index (Phi) is 7.43. The number of benzene rings is 1. The SMILES string of the molecule is CN=C(NCc1cc(F)ccc1CS(C)(=O)=O)NCC1CCCCC1C. The Bertz CT molecular complexity index is 734. The van der Waals surface area contributed by atoms with Crippen molar-refractivity contribution in [3.05, 3.63) is 35.1 Å². The van der Waals surface area contributed by atoms with Gasteiger partial charge in [0, 0.05) is 26.4 Å². The van der Waals surface area contributed by atoms with Crippen LogP contribution in [-0.4, -0.2) is 34.2 Å². The number of hydrogen-bond acceptors (Lipinski definition) is 3. The molecule has 0 radical (unpaired) electrons. The molecule has 2 atom stereocenters. The first-order chi connectivity index (χ1) is 12.3. The van der Waals surface area contributed by atoms with Crippen LogP contribution in [0.5, 0.6) is 0 Å². The van der Waals surface area contributed by atoms with E-state index in [1.807, 2.05) is 0 Å². The summed E-state index contributed by atoms with van der Waals surface area (Å²) in [4.78, 5) is 4.22. The highest BCUT2D eigenvalue weighted by Gasteiger charge is 2.21. The fourth-order valence-electron chi connectivity index (χ4n) is 3.51. The Morgan fingerprint density at radius 1 is 1.23 bits per heavy atom. The zero-order valence-corrected chi connectivity index (χ0v) is 16.7. The maximum Gasteiger partial charge on any atom is 0.191 e. The van der Waals surface area contributed by atoms with E-state index in [0.29, 0.717) is 35.5 Å². The summed E-state index contributed by atoms with van der Waals surface area (Å²) in [5.41, 5.74) is 1.24. The van der Waals surface area contributed by atoms with Gasteiger partial charge in [0.05, 0.1) is 5.75 Å². The van der Waals surface area contributed by atoms with Crippen molar-refractivity contribution < 1.29 is 12.8 Å². The third kappa shape index (κ3) is 6.59. The van der Waals surface area contributed by atoms with E-state index in [1.54, 1.807) is 7.05 Å². The molecule has 2 unspecified atom stereocenters. The molecule has 0 amide bonds. The molecule has 5 nitrogen and oxygen atoms in total. The predicted molar refractivity (Wildman–Crippen MR) is 104 cm³/mol. The van der Waals surface area contributed by atoms with E-state index in [4.69, 9.17) is 0 Å². The summed E-state index contributed by atoms with van der Waals surface area (Å²) in [7, 11) is -1.49. The van der Waals surface area contributed by atoms with Crippen LogP contribution in [0, 0.1) is 17.7 Å². The van der Waals surface area contributed by atoms with Gasteiger partial charge in [0.1, 0.15) is 5.82 Å². The van der Waals surface area contributed by atoms with Gasteiger partial charge in [0.15, 0.2) is 15.8 Å². The molecule has 2 rings (SSSR count). The van der Waals surface area contributed by atoms with E-state index >= 15 is 0 Å². The van der Waals surface area contributed by atoms with Gasteiger partial charge < -0.3 is 10.6 Å². The molecule has 1 aliphatic carbocycles. The fraction of sp³-hybridized carbons (Fsp3) is 0.632. The zero-order valence-electron chi connectivity index (χ0n) is 15.9. The van der Waals surface area contributed by atoms with Gasteiger partial charge in [-0.1, -0.05) is 32.3 Å². The first-order valence-electron chi connectivity index (χ1n) is 9.18. The summed E-state index contributed by atoms with van der Waals surface area (Å²) in [5, 5.41) is 6.52. The Labute approximate surface area is 156 Å². The molecule has 7 heteroatoms. The van der Waals surface area contributed by atoms with Gasteiger partial charge in [-0.3, -0.25) is 4.99 Å². The van der Waals surface area contributed by atoms with Crippen LogP contribution in [0.4, 0.5) is 4.39 Å². The number of guanidine groups is 1. The lowest BCUT2D eigenvalue weighted by atomic mass is 9.80. The predicted octanol–water partition coefficient (Wildman–Crippen LogP) is 2.86. The molecule has 0 aliphatic heterocycles. The highest BCUT2D eigenvalue weighted by Crippen LogP contribution is 2.28. The Morgan fingerprint density at radius 3 is 2.62 bits per heavy atom. The topological polar surface area (TPSA) is 70.6 Å². The molecule has 1 saturated carbocycles. The monoisotopic (exact) mass is 383 g/mol. The summed E-state index contributed by atoms with van der Waals surface area (Å²) < 4.78 is 36.8.